The van der Waals surface area contributed by atoms with Crippen molar-refractivity contribution in [2.75, 3.05) is 14.2 Å². The molecule has 2 amide bonds. The number of hydrogen-bond donors (Lipinski definition) is 2. The Hall–Kier alpha value is -3.69. The van der Waals surface area contributed by atoms with Crippen molar-refractivity contribution >= 4 is 21.8 Å². The summed E-state index contributed by atoms with van der Waals surface area (Å²) >= 11 is 0. The third-order valence-electron chi connectivity index (χ3n) is 5.47. The Kier molecular flexibility index (Phi) is 8.62. The zero-order valence-electron chi connectivity index (χ0n) is 19.9. The number of carbonyl (C=O) groups excluding carboxylic acids is 2. The molecular weight excluding hydrogens is 466 g/mol. The summed E-state index contributed by atoms with van der Waals surface area (Å²) < 4.78 is 31.9. The lowest BCUT2D eigenvalue weighted by molar-refractivity contribution is -0.121. The topological polar surface area (TPSA) is 105 Å². The monoisotopic (exact) mass is 495 g/mol. The summed E-state index contributed by atoms with van der Waals surface area (Å²) in [5.41, 5.74) is 7.84. The Morgan fingerprint density at radius 1 is 0.857 bits per heavy atom. The molecule has 0 aromatic heterocycles. The van der Waals surface area contributed by atoms with Crippen LogP contribution >= 0.6 is 0 Å². The number of amides is 2. The van der Waals surface area contributed by atoms with Gasteiger partial charge in [-0.15, -0.1) is 0 Å². The largest absolute Gasteiger partial charge is 0.497 e. The van der Waals surface area contributed by atoms with Crippen molar-refractivity contribution in [1.82, 2.24) is 15.2 Å². The second kappa shape index (κ2) is 11.6. The molecule has 3 aromatic rings. The van der Waals surface area contributed by atoms with Gasteiger partial charge >= 0.3 is 0 Å². The van der Waals surface area contributed by atoms with Crippen molar-refractivity contribution in [3.8, 4) is 5.75 Å². The first-order chi connectivity index (χ1) is 16.7. The van der Waals surface area contributed by atoms with Crippen LogP contribution in [0.1, 0.15) is 33.5 Å². The van der Waals surface area contributed by atoms with Crippen molar-refractivity contribution in [3.63, 3.8) is 0 Å². The second-order valence-electron chi connectivity index (χ2n) is 8.12. The Labute approximate surface area is 205 Å². The molecule has 0 bridgehead atoms. The Morgan fingerprint density at radius 3 is 2.06 bits per heavy atom. The molecule has 2 N–H and O–H groups in total. The number of nitrogens with zero attached hydrogens (tertiary/aromatic N) is 1. The van der Waals surface area contributed by atoms with Crippen LogP contribution in [0.25, 0.3) is 0 Å². The number of ether oxygens (including phenoxy) is 1. The van der Waals surface area contributed by atoms with E-state index < -0.39 is 15.9 Å². The highest BCUT2D eigenvalue weighted by Gasteiger charge is 2.20. The number of hydrogen-bond acceptors (Lipinski definition) is 5. The van der Waals surface area contributed by atoms with Crippen LogP contribution in [0.15, 0.2) is 77.7 Å². The molecule has 0 saturated heterocycles. The molecule has 0 radical (unpaired) electrons. The molecule has 0 spiro atoms. The van der Waals surface area contributed by atoms with Crippen molar-refractivity contribution in [2.45, 2.75) is 31.2 Å². The van der Waals surface area contributed by atoms with E-state index >= 15 is 0 Å². The molecule has 0 aliphatic rings. The molecule has 3 aromatic carbocycles. The van der Waals surface area contributed by atoms with E-state index in [4.69, 9.17) is 4.74 Å². The third kappa shape index (κ3) is 7.14. The average Bonchev–Trinajstić information content (AvgIpc) is 2.87. The number of benzene rings is 3. The number of nitrogens with one attached hydrogen (secondary N) is 2. The number of rotatable bonds is 9. The van der Waals surface area contributed by atoms with Crippen molar-refractivity contribution < 1.29 is 22.7 Å². The second-order valence-corrected chi connectivity index (χ2v) is 10.2. The molecule has 0 fully saturated rings. The number of carbonyl (C=O) groups is 2. The van der Waals surface area contributed by atoms with Gasteiger partial charge in [0.25, 0.3) is 5.91 Å². The van der Waals surface area contributed by atoms with Crippen LogP contribution in [0.5, 0.6) is 5.75 Å². The molecule has 0 unspecified atom stereocenters. The first-order valence-corrected chi connectivity index (χ1v) is 12.5. The highest BCUT2D eigenvalue weighted by atomic mass is 32.2. The van der Waals surface area contributed by atoms with E-state index in [1.165, 1.54) is 11.4 Å². The van der Waals surface area contributed by atoms with Crippen LogP contribution in [0.4, 0.5) is 0 Å². The maximum Gasteiger partial charge on any atom is 0.269 e. The fourth-order valence-corrected chi connectivity index (χ4v) is 4.46. The average molecular weight is 496 g/mol. The van der Waals surface area contributed by atoms with Crippen LogP contribution in [0.2, 0.25) is 0 Å². The van der Waals surface area contributed by atoms with Gasteiger partial charge in [-0.25, -0.2) is 8.42 Å². The Morgan fingerprint density at radius 2 is 1.46 bits per heavy atom. The highest BCUT2D eigenvalue weighted by molar-refractivity contribution is 7.89. The zero-order chi connectivity index (χ0) is 25.4. The first kappa shape index (κ1) is 25.9. The number of hydrazine groups is 1. The fraction of sp³-hybridized carbons (Fsp3) is 0.231. The maximum atomic E-state index is 12.8. The van der Waals surface area contributed by atoms with E-state index in [1.54, 1.807) is 55.6 Å². The maximum absolute atomic E-state index is 12.8. The summed E-state index contributed by atoms with van der Waals surface area (Å²) in [6, 6.07) is 20.6. The van der Waals surface area contributed by atoms with Crippen LogP contribution in [0, 0.1) is 6.92 Å². The number of sulfonamides is 1. The van der Waals surface area contributed by atoms with Gasteiger partial charge in [-0.05, 0) is 60.9 Å². The molecule has 0 heterocycles. The normalized spacial score (nSPS) is 11.2. The molecule has 0 aliphatic carbocycles. The molecule has 0 atom stereocenters. The Balaban J connectivity index is 1.49. The molecule has 9 heteroatoms. The minimum atomic E-state index is -3.63. The van der Waals surface area contributed by atoms with Crippen LogP contribution in [-0.2, 0) is 27.8 Å². The molecule has 8 nitrogen and oxygen atoms in total. The SMILES string of the molecule is COc1ccc(CCC(=O)NNC(=O)c2ccc(CN(C)S(=O)(=O)c3ccc(C)cc3)cc2)cc1. The van der Waals surface area contributed by atoms with Gasteiger partial charge < -0.3 is 4.74 Å². The third-order valence-corrected chi connectivity index (χ3v) is 7.28. The standard InChI is InChI=1S/C26H29N3O5S/c1-19-4-15-24(16-5-19)35(32,33)29(2)18-21-6-11-22(12-7-21)26(31)28-27-25(30)17-10-20-8-13-23(34-3)14-9-20/h4-9,11-16H,10,17-18H2,1-3H3,(H,27,30)(H,28,31). The van der Waals surface area contributed by atoms with Gasteiger partial charge in [0.15, 0.2) is 0 Å². The van der Waals surface area contributed by atoms with Gasteiger partial charge in [-0.2, -0.15) is 4.31 Å². The van der Waals surface area contributed by atoms with E-state index in [1.807, 2.05) is 31.2 Å². The Bertz CT molecular complexity index is 1260. The highest BCUT2D eigenvalue weighted by Crippen LogP contribution is 2.18. The molecule has 0 saturated carbocycles. The van der Waals surface area contributed by atoms with Gasteiger partial charge in [-0.3, -0.25) is 20.4 Å². The molecular formula is C26H29N3O5S. The van der Waals surface area contributed by atoms with E-state index in [9.17, 15) is 18.0 Å². The summed E-state index contributed by atoms with van der Waals surface area (Å²) in [5, 5.41) is 0. The lowest BCUT2D eigenvalue weighted by atomic mass is 10.1. The molecule has 184 valence electrons. The lowest BCUT2D eigenvalue weighted by Crippen LogP contribution is -2.41. The minimum Gasteiger partial charge on any atom is -0.497 e. The molecule has 3 rings (SSSR count). The predicted molar refractivity (Wildman–Crippen MR) is 133 cm³/mol. The van der Waals surface area contributed by atoms with Gasteiger partial charge in [0.1, 0.15) is 5.75 Å². The van der Waals surface area contributed by atoms with E-state index in [0.717, 1.165) is 22.4 Å². The summed E-state index contributed by atoms with van der Waals surface area (Å²) in [4.78, 5) is 24.6. The van der Waals surface area contributed by atoms with Gasteiger partial charge in [-0.1, -0.05) is 42.0 Å². The zero-order valence-corrected chi connectivity index (χ0v) is 20.8. The molecule has 0 aliphatic heterocycles. The smallest absolute Gasteiger partial charge is 0.269 e. The molecule has 35 heavy (non-hydrogen) atoms. The van der Waals surface area contributed by atoms with Crippen LogP contribution in [-0.4, -0.2) is 38.7 Å². The van der Waals surface area contributed by atoms with Gasteiger partial charge in [0, 0.05) is 25.6 Å². The van der Waals surface area contributed by atoms with Gasteiger partial charge in [0.2, 0.25) is 15.9 Å². The summed E-state index contributed by atoms with van der Waals surface area (Å²) in [5.74, 6) is -0.0280. The lowest BCUT2D eigenvalue weighted by Gasteiger charge is -2.17. The van der Waals surface area contributed by atoms with E-state index in [0.29, 0.717) is 12.0 Å². The van der Waals surface area contributed by atoms with Crippen molar-refractivity contribution in [3.05, 3.63) is 95.1 Å². The number of aryl methyl sites for hydroxylation is 2. The van der Waals surface area contributed by atoms with Crippen LogP contribution in [0.3, 0.4) is 0 Å². The summed E-state index contributed by atoms with van der Waals surface area (Å²) in [7, 11) is -0.525. The first-order valence-electron chi connectivity index (χ1n) is 11.0. The minimum absolute atomic E-state index is 0.153. The fourth-order valence-electron chi connectivity index (χ4n) is 3.31. The van der Waals surface area contributed by atoms with E-state index in [-0.39, 0.29) is 23.8 Å². The van der Waals surface area contributed by atoms with E-state index in [2.05, 4.69) is 10.9 Å². The van der Waals surface area contributed by atoms with Gasteiger partial charge in [0.05, 0.1) is 12.0 Å². The van der Waals surface area contributed by atoms with Crippen molar-refractivity contribution in [1.29, 1.82) is 0 Å². The number of methoxy groups -OCH3 is 1. The quantitative estimate of drug-likeness (QED) is 0.444. The predicted octanol–water partition coefficient (Wildman–Crippen LogP) is 3.22. The van der Waals surface area contributed by atoms with Crippen molar-refractivity contribution in [2.24, 2.45) is 0 Å². The summed E-state index contributed by atoms with van der Waals surface area (Å²) in [6.07, 6.45) is 0.743. The van der Waals surface area contributed by atoms with Crippen LogP contribution < -0.4 is 15.6 Å². The summed E-state index contributed by atoms with van der Waals surface area (Å²) in [6.45, 7) is 2.05.